The van der Waals surface area contributed by atoms with E-state index in [1.165, 1.54) is 5.56 Å². The number of hydrogen-bond donors (Lipinski definition) is 0. The Morgan fingerprint density at radius 1 is 1.03 bits per heavy atom. The molecule has 0 bridgehead atoms. The largest absolute Gasteiger partial charge is 0.293 e. The summed E-state index contributed by atoms with van der Waals surface area (Å²) >= 11 is 0. The molecule has 1 fully saturated rings. The number of H-pyrrole nitrogens is 1. The summed E-state index contributed by atoms with van der Waals surface area (Å²) in [6, 6.07) is 19.0. The SMILES string of the molecule is CCc1ccc2[nH+]c(N3CCCN(S(=O)(=O)c4ccccc4)CC3)c(C#N)cc2c1. The second-order valence-electron chi connectivity index (χ2n) is 7.48. The van der Waals surface area contributed by atoms with E-state index >= 15 is 0 Å². The molecule has 2 aromatic carbocycles. The maximum atomic E-state index is 13.0. The number of nitrogens with one attached hydrogen (secondary N) is 1. The Balaban J connectivity index is 1.62. The first kappa shape index (κ1) is 20.3. The Morgan fingerprint density at radius 2 is 1.83 bits per heavy atom. The fraction of sp³-hybridized carbons (Fsp3) is 0.304. The van der Waals surface area contributed by atoms with Gasteiger partial charge in [0.05, 0.1) is 24.5 Å². The van der Waals surface area contributed by atoms with Crippen LogP contribution in [0.4, 0.5) is 5.82 Å². The van der Waals surface area contributed by atoms with Crippen molar-refractivity contribution >= 4 is 26.7 Å². The van der Waals surface area contributed by atoms with Gasteiger partial charge in [-0.1, -0.05) is 31.2 Å². The number of aromatic nitrogens is 1. The van der Waals surface area contributed by atoms with E-state index in [0.29, 0.717) is 43.1 Å². The monoisotopic (exact) mass is 421 g/mol. The quantitative estimate of drug-likeness (QED) is 0.649. The molecular weight excluding hydrogens is 396 g/mol. The number of rotatable bonds is 4. The zero-order valence-electron chi connectivity index (χ0n) is 17.0. The topological polar surface area (TPSA) is 78.6 Å². The Morgan fingerprint density at radius 3 is 2.57 bits per heavy atom. The van der Waals surface area contributed by atoms with Gasteiger partial charge in [-0.25, -0.2) is 13.4 Å². The summed E-state index contributed by atoms with van der Waals surface area (Å²) in [7, 11) is -3.52. The minimum atomic E-state index is -3.52. The van der Waals surface area contributed by atoms with Crippen LogP contribution in [0.1, 0.15) is 24.5 Å². The highest BCUT2D eigenvalue weighted by Gasteiger charge is 2.31. The zero-order chi connectivity index (χ0) is 21.1. The molecule has 1 N–H and O–H groups in total. The van der Waals surface area contributed by atoms with Crippen LogP contribution < -0.4 is 9.88 Å². The van der Waals surface area contributed by atoms with Crippen LogP contribution in [0.25, 0.3) is 10.9 Å². The van der Waals surface area contributed by atoms with Crippen LogP contribution in [0.3, 0.4) is 0 Å². The number of sulfonamides is 1. The van der Waals surface area contributed by atoms with Crippen molar-refractivity contribution in [2.24, 2.45) is 0 Å². The highest BCUT2D eigenvalue weighted by molar-refractivity contribution is 7.89. The van der Waals surface area contributed by atoms with E-state index in [0.717, 1.165) is 23.1 Å². The molecule has 0 amide bonds. The molecule has 7 heteroatoms. The Bertz CT molecular complexity index is 1200. The lowest BCUT2D eigenvalue weighted by Gasteiger charge is -2.19. The molecule has 0 atom stereocenters. The van der Waals surface area contributed by atoms with E-state index < -0.39 is 10.0 Å². The van der Waals surface area contributed by atoms with Gasteiger partial charge in [-0.05, 0) is 48.7 Å². The molecule has 30 heavy (non-hydrogen) atoms. The first-order valence-electron chi connectivity index (χ1n) is 10.2. The molecule has 0 spiro atoms. The lowest BCUT2D eigenvalue weighted by Crippen LogP contribution is -2.37. The van der Waals surface area contributed by atoms with E-state index in [1.54, 1.807) is 28.6 Å². The van der Waals surface area contributed by atoms with Crippen LogP contribution in [0.15, 0.2) is 59.5 Å². The van der Waals surface area contributed by atoms with Gasteiger partial charge >= 0.3 is 0 Å². The third kappa shape index (κ3) is 3.89. The molecule has 2 heterocycles. The summed E-state index contributed by atoms with van der Waals surface area (Å²) in [6.45, 7) is 4.16. The van der Waals surface area contributed by atoms with Crippen LogP contribution in [0, 0.1) is 11.3 Å². The summed E-state index contributed by atoms with van der Waals surface area (Å²) in [5.41, 5.74) is 2.78. The first-order chi connectivity index (χ1) is 14.5. The number of fused-ring (bicyclic) bond motifs is 1. The maximum absolute atomic E-state index is 13.0. The van der Waals surface area contributed by atoms with Gasteiger partial charge in [-0.3, -0.25) is 4.90 Å². The molecule has 0 saturated carbocycles. The molecule has 3 aromatic rings. The lowest BCUT2D eigenvalue weighted by molar-refractivity contribution is -0.330. The highest BCUT2D eigenvalue weighted by atomic mass is 32.2. The number of pyridine rings is 1. The standard InChI is InChI=1S/C23H24N4O2S/c1-2-18-9-10-22-19(15-18)16-20(17-24)23(25-22)26-11-6-12-27(14-13-26)30(28,29)21-7-4-3-5-8-21/h3-5,7-10,15-16H,2,6,11-14H2,1H3/p+1. The van der Waals surface area contributed by atoms with Gasteiger partial charge in [0.1, 0.15) is 17.1 Å². The van der Waals surface area contributed by atoms with E-state index in [1.807, 2.05) is 18.2 Å². The predicted molar refractivity (Wildman–Crippen MR) is 117 cm³/mol. The van der Waals surface area contributed by atoms with Crippen molar-refractivity contribution in [3.63, 3.8) is 0 Å². The number of aryl methyl sites for hydroxylation is 1. The van der Waals surface area contributed by atoms with Crippen LogP contribution in [-0.4, -0.2) is 38.9 Å². The number of benzene rings is 2. The highest BCUT2D eigenvalue weighted by Crippen LogP contribution is 2.23. The van der Waals surface area contributed by atoms with Gasteiger partial charge in [0.2, 0.25) is 10.0 Å². The van der Waals surface area contributed by atoms with Gasteiger partial charge in [0.15, 0.2) is 0 Å². The average Bonchev–Trinajstić information content (AvgIpc) is 3.05. The average molecular weight is 422 g/mol. The predicted octanol–water partition coefficient (Wildman–Crippen LogP) is 2.99. The smallest absolute Gasteiger partial charge is 0.259 e. The van der Waals surface area contributed by atoms with Crippen molar-refractivity contribution in [3.8, 4) is 6.07 Å². The Labute approximate surface area is 177 Å². The van der Waals surface area contributed by atoms with Gasteiger partial charge < -0.3 is 0 Å². The molecule has 1 aromatic heterocycles. The van der Waals surface area contributed by atoms with Crippen molar-refractivity contribution in [2.75, 3.05) is 31.1 Å². The zero-order valence-corrected chi connectivity index (χ0v) is 17.8. The molecule has 0 radical (unpaired) electrons. The van der Waals surface area contributed by atoms with Crippen molar-refractivity contribution in [1.29, 1.82) is 5.26 Å². The normalized spacial score (nSPS) is 15.7. The number of nitriles is 1. The fourth-order valence-corrected chi connectivity index (χ4v) is 5.41. The second kappa shape index (κ2) is 8.42. The summed E-state index contributed by atoms with van der Waals surface area (Å²) in [6.07, 6.45) is 1.63. The van der Waals surface area contributed by atoms with Gasteiger partial charge in [-0.2, -0.15) is 9.57 Å². The molecule has 1 aliphatic heterocycles. The summed E-state index contributed by atoms with van der Waals surface area (Å²) in [4.78, 5) is 5.82. The van der Waals surface area contributed by atoms with Gasteiger partial charge in [0.25, 0.3) is 5.82 Å². The Kier molecular flexibility index (Phi) is 5.71. The van der Waals surface area contributed by atoms with Crippen molar-refractivity contribution in [1.82, 2.24) is 4.31 Å². The lowest BCUT2D eigenvalue weighted by atomic mass is 10.1. The second-order valence-corrected chi connectivity index (χ2v) is 9.41. The number of hydrogen-bond acceptors (Lipinski definition) is 4. The van der Waals surface area contributed by atoms with Crippen molar-refractivity contribution in [3.05, 3.63) is 65.7 Å². The Hall–Kier alpha value is -2.95. The summed E-state index contributed by atoms with van der Waals surface area (Å²) in [5, 5.41) is 10.7. The summed E-state index contributed by atoms with van der Waals surface area (Å²) in [5.74, 6) is 0.758. The van der Waals surface area contributed by atoms with E-state index in [9.17, 15) is 13.7 Å². The number of anilines is 1. The molecule has 154 valence electrons. The van der Waals surface area contributed by atoms with Crippen LogP contribution in [0.5, 0.6) is 0 Å². The third-order valence-electron chi connectivity index (χ3n) is 5.60. The van der Waals surface area contributed by atoms with Crippen LogP contribution >= 0.6 is 0 Å². The number of aromatic amines is 1. The minimum Gasteiger partial charge on any atom is -0.259 e. The third-order valence-corrected chi connectivity index (χ3v) is 7.52. The van der Waals surface area contributed by atoms with Gasteiger partial charge in [0, 0.05) is 11.9 Å². The summed E-state index contributed by atoms with van der Waals surface area (Å²) < 4.78 is 27.5. The van der Waals surface area contributed by atoms with E-state index in [-0.39, 0.29) is 0 Å². The first-order valence-corrected chi connectivity index (χ1v) is 11.7. The molecule has 6 nitrogen and oxygen atoms in total. The fourth-order valence-electron chi connectivity index (χ4n) is 3.92. The molecule has 1 saturated heterocycles. The van der Waals surface area contributed by atoms with Crippen LogP contribution in [-0.2, 0) is 16.4 Å². The van der Waals surface area contributed by atoms with E-state index in [4.69, 9.17) is 0 Å². The van der Waals surface area contributed by atoms with E-state index in [2.05, 4.69) is 35.0 Å². The number of nitrogens with zero attached hydrogens (tertiary/aromatic N) is 3. The maximum Gasteiger partial charge on any atom is 0.293 e. The van der Waals surface area contributed by atoms with Gasteiger partial charge in [-0.15, -0.1) is 0 Å². The molecule has 4 rings (SSSR count). The van der Waals surface area contributed by atoms with Crippen molar-refractivity contribution < 1.29 is 13.4 Å². The molecule has 0 unspecified atom stereocenters. The van der Waals surface area contributed by atoms with Crippen LogP contribution in [0.2, 0.25) is 0 Å². The molecular formula is C23H25N4O2S+. The molecule has 0 aliphatic carbocycles. The molecule has 1 aliphatic rings. The van der Waals surface area contributed by atoms with Crippen molar-refractivity contribution in [2.45, 2.75) is 24.7 Å². The minimum absolute atomic E-state index is 0.320.